The molecule has 1 saturated heterocycles. The summed E-state index contributed by atoms with van der Waals surface area (Å²) in [5, 5.41) is 2.89. The van der Waals surface area contributed by atoms with Crippen LogP contribution < -0.4 is 11.1 Å². The molecule has 156 valence electrons. The highest BCUT2D eigenvalue weighted by atomic mass is 32.2. The zero-order valence-corrected chi connectivity index (χ0v) is 17.6. The molecule has 2 fully saturated rings. The van der Waals surface area contributed by atoms with Gasteiger partial charge >= 0.3 is 0 Å². The fourth-order valence-corrected chi connectivity index (χ4v) is 6.11. The van der Waals surface area contributed by atoms with E-state index in [0.717, 1.165) is 37.8 Å². The number of rotatable bonds is 6. The molecule has 1 amide bonds. The first-order valence-corrected chi connectivity index (χ1v) is 12.1. The highest BCUT2D eigenvalue weighted by Crippen LogP contribution is 2.28. The molecule has 0 atom stereocenters. The molecule has 0 bridgehead atoms. The number of carbonyl (C=O) groups is 1. The topological polar surface area (TPSA) is 92.5 Å². The maximum atomic E-state index is 12.8. The maximum Gasteiger partial charge on any atom is 0.244 e. The number of carbonyl (C=O) groups excluding carboxylic acids is 1. The van der Waals surface area contributed by atoms with Crippen molar-refractivity contribution in [2.24, 2.45) is 11.7 Å². The standard InChI is InChI=1S/C21H33N3O3S/c1-2-17-8-10-19(11-9-17)23-20(25)21(22)12-14-24(15-13-21)28(26,27)16-18-6-4-3-5-7-18/h8-11,18H,2-7,12-16,22H2,1H3,(H,23,25). The number of nitrogens with zero attached hydrogens (tertiary/aromatic N) is 1. The van der Waals surface area contributed by atoms with Crippen LogP contribution in [0.5, 0.6) is 0 Å². The van der Waals surface area contributed by atoms with E-state index in [1.54, 1.807) is 0 Å². The van der Waals surface area contributed by atoms with E-state index in [-0.39, 0.29) is 17.6 Å². The molecule has 6 nitrogen and oxygen atoms in total. The summed E-state index contributed by atoms with van der Waals surface area (Å²) in [6.07, 6.45) is 7.12. The van der Waals surface area contributed by atoms with Gasteiger partial charge in [-0.05, 0) is 55.7 Å². The summed E-state index contributed by atoms with van der Waals surface area (Å²) in [5.41, 5.74) is 7.26. The van der Waals surface area contributed by atoms with Crippen molar-refractivity contribution >= 4 is 21.6 Å². The number of hydrogen-bond donors (Lipinski definition) is 2. The van der Waals surface area contributed by atoms with Gasteiger partial charge in [0.2, 0.25) is 15.9 Å². The van der Waals surface area contributed by atoms with Crippen LogP contribution in [0.15, 0.2) is 24.3 Å². The van der Waals surface area contributed by atoms with Gasteiger partial charge in [0.25, 0.3) is 0 Å². The number of hydrogen-bond acceptors (Lipinski definition) is 4. The quantitative estimate of drug-likeness (QED) is 0.758. The Bertz CT molecular complexity index is 763. The van der Waals surface area contributed by atoms with Crippen molar-refractivity contribution in [3.05, 3.63) is 29.8 Å². The summed E-state index contributed by atoms with van der Waals surface area (Å²) in [4.78, 5) is 12.7. The van der Waals surface area contributed by atoms with Crippen LogP contribution in [0.4, 0.5) is 5.69 Å². The van der Waals surface area contributed by atoms with Gasteiger partial charge in [-0.15, -0.1) is 0 Å². The van der Waals surface area contributed by atoms with E-state index in [1.165, 1.54) is 16.3 Å². The number of benzene rings is 1. The predicted molar refractivity (Wildman–Crippen MR) is 113 cm³/mol. The first-order chi connectivity index (χ1) is 13.3. The Hall–Kier alpha value is -1.44. The second-order valence-corrected chi connectivity index (χ2v) is 10.4. The minimum Gasteiger partial charge on any atom is -0.324 e. The fraction of sp³-hybridized carbons (Fsp3) is 0.667. The number of piperidine rings is 1. The molecule has 1 heterocycles. The van der Waals surface area contributed by atoms with Crippen molar-refractivity contribution in [3.8, 4) is 0 Å². The van der Waals surface area contributed by atoms with Crippen LogP contribution in [0.3, 0.4) is 0 Å². The molecule has 7 heteroatoms. The lowest BCUT2D eigenvalue weighted by molar-refractivity contribution is -0.122. The number of sulfonamides is 1. The third kappa shape index (κ3) is 5.13. The van der Waals surface area contributed by atoms with Crippen molar-refractivity contribution in [3.63, 3.8) is 0 Å². The second-order valence-electron chi connectivity index (χ2n) is 8.34. The van der Waals surface area contributed by atoms with Crippen LogP contribution in [0.25, 0.3) is 0 Å². The van der Waals surface area contributed by atoms with Gasteiger partial charge in [0.15, 0.2) is 0 Å². The molecule has 0 aromatic heterocycles. The number of amides is 1. The maximum absolute atomic E-state index is 12.8. The summed E-state index contributed by atoms with van der Waals surface area (Å²) in [6, 6.07) is 7.73. The van der Waals surface area contributed by atoms with Crippen LogP contribution in [-0.2, 0) is 21.2 Å². The minimum atomic E-state index is -3.28. The smallest absolute Gasteiger partial charge is 0.244 e. The lowest BCUT2D eigenvalue weighted by Crippen LogP contribution is -2.58. The zero-order chi connectivity index (χ0) is 20.2. The molecule has 1 aromatic carbocycles. The largest absolute Gasteiger partial charge is 0.324 e. The van der Waals surface area contributed by atoms with E-state index >= 15 is 0 Å². The minimum absolute atomic E-state index is 0.235. The van der Waals surface area contributed by atoms with Gasteiger partial charge in [-0.3, -0.25) is 4.79 Å². The van der Waals surface area contributed by atoms with E-state index in [4.69, 9.17) is 5.73 Å². The van der Waals surface area contributed by atoms with Gasteiger partial charge in [0, 0.05) is 18.8 Å². The first kappa shape index (κ1) is 21.3. The molecule has 28 heavy (non-hydrogen) atoms. The van der Waals surface area contributed by atoms with E-state index in [9.17, 15) is 13.2 Å². The Morgan fingerprint density at radius 3 is 2.32 bits per heavy atom. The molecular formula is C21H33N3O3S. The van der Waals surface area contributed by atoms with Crippen LogP contribution in [0, 0.1) is 5.92 Å². The number of nitrogens with two attached hydrogens (primary N) is 1. The molecule has 1 aromatic rings. The van der Waals surface area contributed by atoms with Crippen molar-refractivity contribution in [1.82, 2.24) is 4.31 Å². The van der Waals surface area contributed by atoms with Crippen LogP contribution >= 0.6 is 0 Å². The van der Waals surface area contributed by atoms with Crippen LogP contribution in [0.1, 0.15) is 57.4 Å². The lowest BCUT2D eigenvalue weighted by atomic mass is 9.88. The molecule has 3 rings (SSSR count). The predicted octanol–water partition coefficient (Wildman–Crippen LogP) is 2.89. The Morgan fingerprint density at radius 2 is 1.75 bits per heavy atom. The molecule has 1 aliphatic heterocycles. The Kier molecular flexibility index (Phi) is 6.78. The van der Waals surface area contributed by atoms with E-state index in [2.05, 4.69) is 12.2 Å². The van der Waals surface area contributed by atoms with Crippen molar-refractivity contribution in [2.75, 3.05) is 24.2 Å². The SMILES string of the molecule is CCc1ccc(NC(=O)C2(N)CCN(S(=O)(=O)CC3CCCCC3)CC2)cc1. The van der Waals surface area contributed by atoms with Crippen molar-refractivity contribution in [2.45, 2.75) is 63.8 Å². The third-order valence-corrected chi connectivity index (χ3v) is 8.30. The first-order valence-electron chi connectivity index (χ1n) is 10.5. The molecule has 1 saturated carbocycles. The number of nitrogens with one attached hydrogen (secondary N) is 1. The fourth-order valence-electron chi connectivity index (χ4n) is 4.23. The normalized spacial score (nSPS) is 21.4. The Morgan fingerprint density at radius 1 is 1.14 bits per heavy atom. The highest BCUT2D eigenvalue weighted by Gasteiger charge is 2.41. The highest BCUT2D eigenvalue weighted by molar-refractivity contribution is 7.89. The van der Waals surface area contributed by atoms with Gasteiger partial charge in [-0.1, -0.05) is 38.3 Å². The molecule has 1 aliphatic carbocycles. The van der Waals surface area contributed by atoms with Gasteiger partial charge in [-0.2, -0.15) is 0 Å². The average Bonchev–Trinajstić information content (AvgIpc) is 2.69. The van der Waals surface area contributed by atoms with Gasteiger partial charge in [0.1, 0.15) is 0 Å². The summed E-state index contributed by atoms with van der Waals surface area (Å²) in [7, 11) is -3.28. The van der Waals surface area contributed by atoms with E-state index < -0.39 is 15.6 Å². The number of anilines is 1. The molecule has 0 radical (unpaired) electrons. The molecule has 0 spiro atoms. The lowest BCUT2D eigenvalue weighted by Gasteiger charge is -2.38. The van der Waals surface area contributed by atoms with E-state index in [1.807, 2.05) is 24.3 Å². The van der Waals surface area contributed by atoms with Crippen LogP contribution in [-0.4, -0.2) is 43.0 Å². The van der Waals surface area contributed by atoms with Gasteiger partial charge in [-0.25, -0.2) is 12.7 Å². The second kappa shape index (κ2) is 8.93. The summed E-state index contributed by atoms with van der Waals surface area (Å²) in [6.45, 7) is 2.71. The zero-order valence-electron chi connectivity index (χ0n) is 16.8. The summed E-state index contributed by atoms with van der Waals surface area (Å²) < 4.78 is 27.1. The number of aryl methyl sites for hydroxylation is 1. The molecule has 2 aliphatic rings. The van der Waals surface area contributed by atoms with Crippen LogP contribution in [0.2, 0.25) is 0 Å². The molecule has 0 unspecified atom stereocenters. The van der Waals surface area contributed by atoms with Gasteiger partial charge < -0.3 is 11.1 Å². The Labute approximate surface area is 168 Å². The molecule has 3 N–H and O–H groups in total. The van der Waals surface area contributed by atoms with Gasteiger partial charge in [0.05, 0.1) is 11.3 Å². The van der Waals surface area contributed by atoms with Crippen molar-refractivity contribution < 1.29 is 13.2 Å². The van der Waals surface area contributed by atoms with Crippen molar-refractivity contribution in [1.29, 1.82) is 0 Å². The summed E-state index contributed by atoms with van der Waals surface area (Å²) >= 11 is 0. The van der Waals surface area contributed by atoms with E-state index in [0.29, 0.717) is 25.9 Å². The monoisotopic (exact) mass is 407 g/mol. The summed E-state index contributed by atoms with van der Waals surface area (Å²) in [5.74, 6) is 0.277. The Balaban J connectivity index is 1.55. The molecular weight excluding hydrogens is 374 g/mol. The average molecular weight is 408 g/mol. The third-order valence-electron chi connectivity index (χ3n) is 6.25.